The summed E-state index contributed by atoms with van der Waals surface area (Å²) in [6.45, 7) is 0.698. The van der Waals surface area contributed by atoms with Gasteiger partial charge in [-0.2, -0.15) is 0 Å². The van der Waals surface area contributed by atoms with Crippen LogP contribution in [0.4, 0.5) is 0 Å². The molecule has 1 aliphatic heterocycles. The second-order valence-corrected chi connectivity index (χ2v) is 3.06. The molecule has 0 aliphatic carbocycles. The first-order chi connectivity index (χ1) is 6.84. The van der Waals surface area contributed by atoms with Crippen LogP contribution in [0.5, 0.6) is 0 Å². The maximum atomic E-state index is 10.8. The number of nitrogens with one attached hydrogen (secondary N) is 2. The number of aliphatic imine (C=N–C) groups is 1. The second-order valence-electron chi connectivity index (χ2n) is 3.06. The predicted octanol–water partition coefficient (Wildman–Crippen LogP) is 0.260. The largest absolute Gasteiger partial charge is 0.317 e. The fourth-order valence-corrected chi connectivity index (χ4v) is 1.27. The van der Waals surface area contributed by atoms with Crippen molar-refractivity contribution < 1.29 is 4.79 Å². The van der Waals surface area contributed by atoms with E-state index in [0.29, 0.717) is 6.54 Å². The van der Waals surface area contributed by atoms with E-state index in [9.17, 15) is 4.79 Å². The molecule has 1 aromatic carbocycles. The third-order valence-electron chi connectivity index (χ3n) is 1.96. The van der Waals surface area contributed by atoms with Gasteiger partial charge in [0.15, 0.2) is 6.29 Å². The molecular formula is C10H11N3O. The van der Waals surface area contributed by atoms with E-state index < -0.39 is 0 Å². The number of benzene rings is 1. The molecule has 1 aromatic rings. The third kappa shape index (κ3) is 2.17. The van der Waals surface area contributed by atoms with E-state index in [1.807, 2.05) is 30.3 Å². The normalized spacial score (nSPS) is 19.7. The molecule has 0 fully saturated rings. The van der Waals surface area contributed by atoms with Crippen LogP contribution in [0.1, 0.15) is 5.56 Å². The van der Waals surface area contributed by atoms with Crippen LogP contribution in [0.3, 0.4) is 0 Å². The van der Waals surface area contributed by atoms with Crippen LogP contribution >= 0.6 is 0 Å². The van der Waals surface area contributed by atoms with Crippen LogP contribution in [-0.4, -0.2) is 18.4 Å². The number of carbonyl (C=O) groups excluding carboxylic acids is 1. The summed E-state index contributed by atoms with van der Waals surface area (Å²) in [5.74, 6) is -0.143. The van der Waals surface area contributed by atoms with Gasteiger partial charge in [0.2, 0.25) is 0 Å². The molecule has 1 atom stereocenters. The Morgan fingerprint density at radius 1 is 1.36 bits per heavy atom. The maximum Gasteiger partial charge on any atom is 0.264 e. The highest BCUT2D eigenvalue weighted by molar-refractivity contribution is 6.27. The van der Waals surface area contributed by atoms with Crippen molar-refractivity contribution in [3.63, 3.8) is 0 Å². The summed E-state index contributed by atoms with van der Waals surface area (Å²) in [6.07, 6.45) is 1.02. The molecule has 1 amide bonds. The highest BCUT2D eigenvalue weighted by Gasteiger charge is 2.13. The Morgan fingerprint density at radius 3 is 2.79 bits per heavy atom. The van der Waals surface area contributed by atoms with Crippen molar-refractivity contribution in [1.82, 2.24) is 10.6 Å². The molecule has 1 aliphatic rings. The average molecular weight is 189 g/mol. The van der Waals surface area contributed by atoms with E-state index >= 15 is 0 Å². The lowest BCUT2D eigenvalue weighted by Crippen LogP contribution is -2.39. The smallest absolute Gasteiger partial charge is 0.264 e. The Labute approximate surface area is 82.0 Å². The summed E-state index contributed by atoms with van der Waals surface area (Å²) in [5, 5.41) is 5.75. The predicted molar refractivity (Wildman–Crippen MR) is 53.7 cm³/mol. The molecule has 0 aromatic heterocycles. The van der Waals surface area contributed by atoms with Gasteiger partial charge in [0.25, 0.3) is 5.91 Å². The Balaban J connectivity index is 1.84. The minimum atomic E-state index is -0.275. The van der Waals surface area contributed by atoms with Crippen molar-refractivity contribution >= 4 is 12.1 Å². The molecule has 4 nitrogen and oxygen atoms in total. The molecule has 2 N–H and O–H groups in total. The van der Waals surface area contributed by atoms with Crippen molar-refractivity contribution in [2.24, 2.45) is 4.99 Å². The first kappa shape index (κ1) is 8.90. The second kappa shape index (κ2) is 4.02. The average Bonchev–Trinajstić information content (AvgIpc) is 2.63. The standard InChI is InChI=1S/C10H11N3O/c14-9-7-12-10(13-9)11-6-8-4-2-1-3-5-8/h1-5,7,10-11H,6H2,(H,13,14). The lowest BCUT2D eigenvalue weighted by Gasteiger charge is -2.09. The maximum absolute atomic E-state index is 10.8. The molecule has 0 radical (unpaired) electrons. The Hall–Kier alpha value is -1.68. The minimum absolute atomic E-state index is 0.143. The van der Waals surface area contributed by atoms with Crippen LogP contribution < -0.4 is 10.6 Å². The zero-order valence-corrected chi connectivity index (χ0v) is 7.60. The fraction of sp³-hybridized carbons (Fsp3) is 0.200. The van der Waals surface area contributed by atoms with Gasteiger partial charge >= 0.3 is 0 Å². The number of hydrogen-bond acceptors (Lipinski definition) is 3. The van der Waals surface area contributed by atoms with Gasteiger partial charge in [-0.25, -0.2) is 4.99 Å². The number of hydrogen-bond donors (Lipinski definition) is 2. The summed E-state index contributed by atoms with van der Waals surface area (Å²) in [4.78, 5) is 14.7. The van der Waals surface area contributed by atoms with Crippen molar-refractivity contribution in [3.05, 3.63) is 35.9 Å². The van der Waals surface area contributed by atoms with Gasteiger partial charge in [-0.05, 0) is 5.56 Å². The van der Waals surface area contributed by atoms with Crippen LogP contribution in [0.2, 0.25) is 0 Å². The summed E-state index contributed by atoms with van der Waals surface area (Å²) in [6, 6.07) is 9.97. The summed E-state index contributed by atoms with van der Waals surface area (Å²) >= 11 is 0. The van der Waals surface area contributed by atoms with Gasteiger partial charge in [-0.3, -0.25) is 10.1 Å². The molecule has 2 rings (SSSR count). The quantitative estimate of drug-likeness (QED) is 0.716. The highest BCUT2D eigenvalue weighted by Crippen LogP contribution is 1.98. The number of amides is 1. The molecule has 4 heteroatoms. The highest BCUT2D eigenvalue weighted by atomic mass is 16.2. The monoisotopic (exact) mass is 189 g/mol. The van der Waals surface area contributed by atoms with Gasteiger partial charge < -0.3 is 5.32 Å². The van der Waals surface area contributed by atoms with E-state index in [4.69, 9.17) is 0 Å². The molecule has 1 heterocycles. The summed E-state index contributed by atoms with van der Waals surface area (Å²) in [7, 11) is 0. The van der Waals surface area contributed by atoms with Crippen LogP contribution in [-0.2, 0) is 11.3 Å². The molecule has 0 saturated heterocycles. The van der Waals surface area contributed by atoms with Crippen molar-refractivity contribution in [1.29, 1.82) is 0 Å². The summed E-state index contributed by atoms with van der Waals surface area (Å²) in [5.41, 5.74) is 1.17. The van der Waals surface area contributed by atoms with E-state index in [1.54, 1.807) is 0 Å². The Bertz CT molecular complexity index is 348. The fourth-order valence-electron chi connectivity index (χ4n) is 1.27. The number of carbonyl (C=O) groups is 1. The van der Waals surface area contributed by atoms with Crippen LogP contribution in [0.15, 0.2) is 35.3 Å². The lowest BCUT2D eigenvalue weighted by molar-refractivity contribution is -0.114. The zero-order valence-electron chi connectivity index (χ0n) is 7.60. The van der Waals surface area contributed by atoms with Gasteiger partial charge in [0.1, 0.15) is 0 Å². The van der Waals surface area contributed by atoms with Crippen molar-refractivity contribution in [2.45, 2.75) is 12.8 Å². The minimum Gasteiger partial charge on any atom is -0.317 e. The van der Waals surface area contributed by atoms with Crippen molar-refractivity contribution in [2.75, 3.05) is 0 Å². The van der Waals surface area contributed by atoms with Crippen LogP contribution in [0.25, 0.3) is 0 Å². The molecule has 14 heavy (non-hydrogen) atoms. The zero-order chi connectivity index (χ0) is 9.80. The first-order valence-electron chi connectivity index (χ1n) is 4.45. The molecule has 0 bridgehead atoms. The van der Waals surface area contributed by atoms with E-state index in [-0.39, 0.29) is 12.2 Å². The lowest BCUT2D eigenvalue weighted by atomic mass is 10.2. The van der Waals surface area contributed by atoms with Gasteiger partial charge in [0.05, 0.1) is 6.21 Å². The van der Waals surface area contributed by atoms with Crippen molar-refractivity contribution in [3.8, 4) is 0 Å². The SMILES string of the molecule is O=C1C=NC(NCc2ccccc2)N1. The molecular weight excluding hydrogens is 178 g/mol. The molecule has 0 spiro atoms. The number of nitrogens with zero attached hydrogens (tertiary/aromatic N) is 1. The Kier molecular flexibility index (Phi) is 2.55. The molecule has 0 saturated carbocycles. The molecule has 1 unspecified atom stereocenters. The van der Waals surface area contributed by atoms with Gasteiger partial charge in [-0.1, -0.05) is 30.3 Å². The van der Waals surface area contributed by atoms with Crippen LogP contribution in [0, 0.1) is 0 Å². The van der Waals surface area contributed by atoms with E-state index in [2.05, 4.69) is 15.6 Å². The number of rotatable bonds is 3. The van der Waals surface area contributed by atoms with E-state index in [1.165, 1.54) is 11.8 Å². The van der Waals surface area contributed by atoms with E-state index in [0.717, 1.165) is 0 Å². The summed E-state index contributed by atoms with van der Waals surface area (Å²) < 4.78 is 0. The third-order valence-corrected chi connectivity index (χ3v) is 1.96. The van der Waals surface area contributed by atoms with Gasteiger partial charge in [-0.15, -0.1) is 0 Å². The first-order valence-corrected chi connectivity index (χ1v) is 4.45. The molecule has 72 valence electrons. The Morgan fingerprint density at radius 2 is 2.14 bits per heavy atom. The van der Waals surface area contributed by atoms with Gasteiger partial charge in [0, 0.05) is 6.54 Å². The topological polar surface area (TPSA) is 53.5 Å².